The van der Waals surface area contributed by atoms with Gasteiger partial charge in [0.25, 0.3) is 0 Å². The molecule has 0 aliphatic carbocycles. The summed E-state index contributed by atoms with van der Waals surface area (Å²) < 4.78 is 0. The van der Waals surface area contributed by atoms with E-state index in [1.165, 1.54) is 45.4 Å². The zero-order valence-corrected chi connectivity index (χ0v) is 10.9. The highest BCUT2D eigenvalue weighted by Gasteiger charge is 2.19. The van der Waals surface area contributed by atoms with Crippen LogP contribution in [0.3, 0.4) is 0 Å². The van der Waals surface area contributed by atoms with Crippen LogP contribution < -0.4 is 0 Å². The van der Waals surface area contributed by atoms with Crippen molar-refractivity contribution in [3.8, 4) is 0 Å². The third-order valence-electron chi connectivity index (χ3n) is 3.37. The number of rotatable bonds is 5. The van der Waals surface area contributed by atoms with Gasteiger partial charge in [-0.15, -0.1) is 0 Å². The van der Waals surface area contributed by atoms with E-state index in [9.17, 15) is 0 Å². The third-order valence-corrected chi connectivity index (χ3v) is 3.37. The molecule has 0 amide bonds. The van der Waals surface area contributed by atoms with Gasteiger partial charge in [0.1, 0.15) is 0 Å². The molecule has 0 N–H and O–H groups in total. The maximum atomic E-state index is 2.61. The van der Waals surface area contributed by atoms with E-state index in [2.05, 4.69) is 42.9 Å². The Hall–Kier alpha value is -0.120. The number of hydrogen-bond donors (Lipinski definition) is 0. The molecule has 15 heavy (non-hydrogen) atoms. The Kier molecular flexibility index (Phi) is 5.58. The standard InChI is InChI=1S/C12H27N3/c1-13(2)8-5-9-15-10-6-12(7-11-15)14(3)4/h12H,5-11H2,1-4H3. The molecular weight excluding hydrogens is 186 g/mol. The van der Waals surface area contributed by atoms with Gasteiger partial charge in [0.2, 0.25) is 0 Å². The monoisotopic (exact) mass is 213 g/mol. The van der Waals surface area contributed by atoms with E-state index in [4.69, 9.17) is 0 Å². The Morgan fingerprint density at radius 2 is 1.67 bits per heavy atom. The summed E-state index contributed by atoms with van der Waals surface area (Å²) in [5.74, 6) is 0. The van der Waals surface area contributed by atoms with Gasteiger partial charge in [-0.2, -0.15) is 0 Å². The van der Waals surface area contributed by atoms with Gasteiger partial charge in [-0.1, -0.05) is 0 Å². The second-order valence-electron chi connectivity index (χ2n) is 5.19. The van der Waals surface area contributed by atoms with Crippen LogP contribution in [-0.2, 0) is 0 Å². The Morgan fingerprint density at radius 1 is 1.07 bits per heavy atom. The van der Waals surface area contributed by atoms with E-state index in [1.54, 1.807) is 0 Å². The molecule has 1 heterocycles. The topological polar surface area (TPSA) is 9.72 Å². The highest BCUT2D eigenvalue weighted by Crippen LogP contribution is 2.14. The summed E-state index contributed by atoms with van der Waals surface area (Å²) >= 11 is 0. The molecule has 0 unspecified atom stereocenters. The molecule has 1 fully saturated rings. The number of piperidine rings is 1. The van der Waals surface area contributed by atoms with Crippen molar-refractivity contribution in [2.45, 2.75) is 25.3 Å². The van der Waals surface area contributed by atoms with E-state index in [1.807, 2.05) is 0 Å². The van der Waals surface area contributed by atoms with Gasteiger partial charge in [0, 0.05) is 6.04 Å². The molecule has 0 spiro atoms. The first kappa shape index (κ1) is 12.9. The van der Waals surface area contributed by atoms with Crippen LogP contribution in [0.5, 0.6) is 0 Å². The fraction of sp³-hybridized carbons (Fsp3) is 1.00. The SMILES string of the molecule is CN(C)CCCN1CCC(N(C)C)CC1. The van der Waals surface area contributed by atoms with E-state index >= 15 is 0 Å². The number of likely N-dealkylation sites (tertiary alicyclic amines) is 1. The lowest BCUT2D eigenvalue weighted by molar-refractivity contribution is 0.141. The lowest BCUT2D eigenvalue weighted by Gasteiger charge is -2.35. The van der Waals surface area contributed by atoms with E-state index in [0.717, 1.165) is 6.04 Å². The van der Waals surface area contributed by atoms with E-state index in [0.29, 0.717) is 0 Å². The molecule has 1 saturated heterocycles. The van der Waals surface area contributed by atoms with Crippen LogP contribution in [0.25, 0.3) is 0 Å². The van der Waals surface area contributed by atoms with Gasteiger partial charge < -0.3 is 14.7 Å². The maximum Gasteiger partial charge on any atom is 0.0113 e. The van der Waals surface area contributed by atoms with Crippen LogP contribution in [0.4, 0.5) is 0 Å². The number of hydrogen-bond acceptors (Lipinski definition) is 3. The molecule has 3 nitrogen and oxygen atoms in total. The summed E-state index contributed by atoms with van der Waals surface area (Å²) in [6, 6.07) is 0.815. The predicted molar refractivity (Wildman–Crippen MR) is 66.3 cm³/mol. The van der Waals surface area contributed by atoms with Crippen molar-refractivity contribution in [3.63, 3.8) is 0 Å². The summed E-state index contributed by atoms with van der Waals surface area (Å²) in [5, 5.41) is 0. The molecule has 90 valence electrons. The Morgan fingerprint density at radius 3 is 2.13 bits per heavy atom. The van der Waals surface area contributed by atoms with E-state index < -0.39 is 0 Å². The fourth-order valence-electron chi connectivity index (χ4n) is 2.27. The molecule has 0 aromatic heterocycles. The zero-order valence-electron chi connectivity index (χ0n) is 10.9. The Balaban J connectivity index is 2.09. The lowest BCUT2D eigenvalue weighted by Crippen LogP contribution is -2.42. The van der Waals surface area contributed by atoms with Gasteiger partial charge in [0.15, 0.2) is 0 Å². The van der Waals surface area contributed by atoms with Crippen LogP contribution in [0.1, 0.15) is 19.3 Å². The first-order valence-electron chi connectivity index (χ1n) is 6.13. The minimum Gasteiger partial charge on any atom is -0.309 e. The first-order valence-corrected chi connectivity index (χ1v) is 6.13. The second kappa shape index (κ2) is 6.46. The van der Waals surface area contributed by atoms with E-state index in [-0.39, 0.29) is 0 Å². The van der Waals surface area contributed by atoms with Gasteiger partial charge in [-0.3, -0.25) is 0 Å². The smallest absolute Gasteiger partial charge is 0.0113 e. The van der Waals surface area contributed by atoms with Crippen LogP contribution in [-0.4, -0.2) is 75.1 Å². The highest BCUT2D eigenvalue weighted by molar-refractivity contribution is 4.76. The van der Waals surface area contributed by atoms with Gasteiger partial charge in [-0.25, -0.2) is 0 Å². The van der Waals surface area contributed by atoms with Crippen molar-refractivity contribution in [2.24, 2.45) is 0 Å². The van der Waals surface area contributed by atoms with Crippen LogP contribution >= 0.6 is 0 Å². The fourth-order valence-corrected chi connectivity index (χ4v) is 2.27. The molecule has 0 bridgehead atoms. The van der Waals surface area contributed by atoms with Crippen molar-refractivity contribution >= 4 is 0 Å². The summed E-state index contributed by atoms with van der Waals surface area (Å²) in [6.07, 6.45) is 3.99. The predicted octanol–water partition coefficient (Wildman–Crippen LogP) is 0.964. The molecule has 0 saturated carbocycles. The summed E-state index contributed by atoms with van der Waals surface area (Å²) in [5.41, 5.74) is 0. The highest BCUT2D eigenvalue weighted by atomic mass is 15.2. The number of nitrogens with zero attached hydrogens (tertiary/aromatic N) is 3. The maximum absolute atomic E-state index is 2.61. The van der Waals surface area contributed by atoms with Crippen LogP contribution in [0, 0.1) is 0 Å². The first-order chi connectivity index (χ1) is 7.09. The quantitative estimate of drug-likeness (QED) is 0.673. The molecule has 3 heteroatoms. The van der Waals surface area contributed by atoms with Crippen LogP contribution in [0.2, 0.25) is 0 Å². The minimum absolute atomic E-state index is 0.815. The second-order valence-corrected chi connectivity index (χ2v) is 5.19. The molecule has 1 aliphatic rings. The van der Waals surface area contributed by atoms with Crippen molar-refractivity contribution < 1.29 is 0 Å². The van der Waals surface area contributed by atoms with Gasteiger partial charge in [0.05, 0.1) is 0 Å². The normalized spacial score (nSPS) is 20.4. The van der Waals surface area contributed by atoms with Crippen molar-refractivity contribution in [3.05, 3.63) is 0 Å². The van der Waals surface area contributed by atoms with Crippen molar-refractivity contribution in [1.29, 1.82) is 0 Å². The summed E-state index contributed by atoms with van der Waals surface area (Å²) in [4.78, 5) is 7.26. The molecule has 0 atom stereocenters. The van der Waals surface area contributed by atoms with Crippen molar-refractivity contribution in [1.82, 2.24) is 14.7 Å². The summed E-state index contributed by atoms with van der Waals surface area (Å²) in [6.45, 7) is 5.07. The molecular formula is C12H27N3. The molecule has 1 rings (SSSR count). The molecule has 0 aromatic carbocycles. The zero-order chi connectivity index (χ0) is 11.3. The van der Waals surface area contributed by atoms with Gasteiger partial charge in [-0.05, 0) is 73.6 Å². The average Bonchev–Trinajstić information content (AvgIpc) is 2.18. The van der Waals surface area contributed by atoms with Gasteiger partial charge >= 0.3 is 0 Å². The molecule has 0 aromatic rings. The largest absolute Gasteiger partial charge is 0.309 e. The summed E-state index contributed by atoms with van der Waals surface area (Å²) in [7, 11) is 8.70. The molecule has 0 radical (unpaired) electrons. The minimum atomic E-state index is 0.815. The lowest BCUT2D eigenvalue weighted by atomic mass is 10.0. The Bertz CT molecular complexity index is 157. The van der Waals surface area contributed by atoms with Crippen molar-refractivity contribution in [2.75, 3.05) is 54.4 Å². The van der Waals surface area contributed by atoms with Crippen LogP contribution in [0.15, 0.2) is 0 Å². The third kappa shape index (κ3) is 4.96. The Labute approximate surface area is 95.0 Å². The molecule has 1 aliphatic heterocycles. The average molecular weight is 213 g/mol.